The van der Waals surface area contributed by atoms with Crippen LogP contribution in [0, 0.1) is 0 Å². The molecule has 6 heteroatoms. The monoisotopic (exact) mass is 409 g/mol. The Bertz CT molecular complexity index is 1090. The minimum atomic E-state index is -0.131. The Morgan fingerprint density at radius 2 is 2.04 bits per heavy atom. The number of fused-ring (bicyclic) bond motifs is 3. The topological polar surface area (TPSA) is 38.8 Å². The van der Waals surface area contributed by atoms with Crippen molar-refractivity contribution in [1.82, 2.24) is 4.90 Å². The highest BCUT2D eigenvalue weighted by Gasteiger charge is 2.33. The van der Waals surface area contributed by atoms with Crippen LogP contribution in [0.1, 0.15) is 26.4 Å². The molecule has 0 aliphatic carbocycles. The normalized spacial score (nSPS) is 17.2. The van der Waals surface area contributed by atoms with E-state index in [1.807, 2.05) is 30.3 Å². The Morgan fingerprint density at radius 3 is 2.86 bits per heavy atom. The predicted octanol–water partition coefficient (Wildman–Crippen LogP) is 5.37. The van der Waals surface area contributed by atoms with Crippen molar-refractivity contribution in [2.75, 3.05) is 6.73 Å². The summed E-state index contributed by atoms with van der Waals surface area (Å²) in [5, 5.41) is 2.65. The predicted molar refractivity (Wildman–Crippen MR) is 110 cm³/mol. The summed E-state index contributed by atoms with van der Waals surface area (Å²) in [5.41, 5.74) is 2.24. The molecule has 2 aliphatic heterocycles. The lowest BCUT2D eigenvalue weighted by molar-refractivity contribution is 0.0882. The second-order valence-electron chi connectivity index (χ2n) is 6.72. The summed E-state index contributed by atoms with van der Waals surface area (Å²) in [6.07, 6.45) is 1.70. The van der Waals surface area contributed by atoms with Crippen molar-refractivity contribution in [3.05, 3.63) is 86.3 Å². The van der Waals surface area contributed by atoms with Crippen molar-refractivity contribution < 1.29 is 14.3 Å². The van der Waals surface area contributed by atoms with Crippen LogP contribution in [0.4, 0.5) is 0 Å². The van der Waals surface area contributed by atoms with Gasteiger partial charge in [0.25, 0.3) is 0 Å². The van der Waals surface area contributed by atoms with Crippen LogP contribution in [0.2, 0.25) is 5.02 Å². The highest BCUT2D eigenvalue weighted by molar-refractivity contribution is 7.09. The number of ether oxygens (including phenoxy) is 2. The van der Waals surface area contributed by atoms with Crippen LogP contribution in [0.25, 0.3) is 6.08 Å². The van der Waals surface area contributed by atoms with Gasteiger partial charge in [0, 0.05) is 23.0 Å². The molecule has 0 fully saturated rings. The van der Waals surface area contributed by atoms with Gasteiger partial charge in [-0.3, -0.25) is 9.69 Å². The van der Waals surface area contributed by atoms with E-state index in [1.165, 1.54) is 4.88 Å². The van der Waals surface area contributed by atoms with E-state index >= 15 is 0 Å². The minimum absolute atomic E-state index is 0.131. The second kappa shape index (κ2) is 7.09. The van der Waals surface area contributed by atoms with E-state index in [1.54, 1.807) is 29.5 Å². The Morgan fingerprint density at radius 1 is 1.14 bits per heavy atom. The van der Waals surface area contributed by atoms with Crippen LogP contribution in [-0.2, 0) is 13.1 Å². The number of halogens is 1. The number of rotatable bonds is 3. The molecule has 1 aromatic heterocycles. The van der Waals surface area contributed by atoms with Gasteiger partial charge < -0.3 is 9.47 Å². The lowest BCUT2D eigenvalue weighted by Gasteiger charge is -2.29. The SMILES string of the molecule is O=C1/C(=C/c2ccccc2Cl)Oc2c1ccc1c2CN(Cc2cccs2)CO1. The number of carbonyl (C=O) groups excluding carboxylic acids is 1. The number of ketones is 1. The second-order valence-corrected chi connectivity index (χ2v) is 8.16. The summed E-state index contributed by atoms with van der Waals surface area (Å²) in [5.74, 6) is 1.52. The summed E-state index contributed by atoms with van der Waals surface area (Å²) in [7, 11) is 0. The van der Waals surface area contributed by atoms with Gasteiger partial charge in [0.1, 0.15) is 18.2 Å². The van der Waals surface area contributed by atoms with Gasteiger partial charge in [-0.25, -0.2) is 0 Å². The van der Waals surface area contributed by atoms with Crippen LogP contribution < -0.4 is 9.47 Å². The molecule has 0 atom stereocenters. The van der Waals surface area contributed by atoms with Gasteiger partial charge in [0.05, 0.1) is 11.1 Å². The van der Waals surface area contributed by atoms with Gasteiger partial charge in [-0.15, -0.1) is 11.3 Å². The number of Topliss-reactive ketones (excluding diaryl/α,β-unsaturated/α-hetero) is 1. The van der Waals surface area contributed by atoms with Crippen LogP contribution >= 0.6 is 22.9 Å². The van der Waals surface area contributed by atoms with Crippen LogP contribution in [0.3, 0.4) is 0 Å². The van der Waals surface area contributed by atoms with Crippen LogP contribution in [0.15, 0.2) is 59.7 Å². The summed E-state index contributed by atoms with van der Waals surface area (Å²) in [6, 6.07) is 15.2. The number of carbonyl (C=O) groups is 1. The first-order valence-corrected chi connectivity index (χ1v) is 10.2. The third-order valence-corrected chi connectivity index (χ3v) is 6.04. The molecule has 0 N–H and O–H groups in total. The summed E-state index contributed by atoms with van der Waals surface area (Å²) in [4.78, 5) is 16.3. The van der Waals surface area contributed by atoms with E-state index < -0.39 is 0 Å². The molecule has 0 saturated heterocycles. The summed E-state index contributed by atoms with van der Waals surface area (Å²) >= 11 is 7.95. The molecule has 4 nitrogen and oxygen atoms in total. The number of benzene rings is 2. The van der Waals surface area contributed by atoms with Crippen molar-refractivity contribution in [2.24, 2.45) is 0 Å². The lowest BCUT2D eigenvalue weighted by atomic mass is 10.0. The van der Waals surface area contributed by atoms with E-state index in [-0.39, 0.29) is 11.5 Å². The van der Waals surface area contributed by atoms with Gasteiger partial charge in [-0.2, -0.15) is 0 Å². The maximum atomic E-state index is 12.8. The first-order chi connectivity index (χ1) is 13.7. The van der Waals surface area contributed by atoms with Gasteiger partial charge in [0.2, 0.25) is 5.78 Å². The molecular weight excluding hydrogens is 394 g/mol. The molecule has 0 amide bonds. The zero-order chi connectivity index (χ0) is 19.1. The van der Waals surface area contributed by atoms with Gasteiger partial charge in [-0.05, 0) is 41.3 Å². The molecular formula is C22H16ClNO3S. The Balaban J connectivity index is 1.46. The molecule has 140 valence electrons. The fraction of sp³-hybridized carbons (Fsp3) is 0.136. The lowest BCUT2D eigenvalue weighted by Crippen LogP contribution is -2.31. The smallest absolute Gasteiger partial charge is 0.231 e. The summed E-state index contributed by atoms with van der Waals surface area (Å²) < 4.78 is 11.9. The number of allylic oxidation sites excluding steroid dienone is 1. The van der Waals surface area contributed by atoms with E-state index in [9.17, 15) is 4.79 Å². The molecule has 0 bridgehead atoms. The Labute approximate surface area is 171 Å². The first-order valence-electron chi connectivity index (χ1n) is 8.91. The van der Waals surface area contributed by atoms with Crippen molar-refractivity contribution >= 4 is 34.8 Å². The molecule has 0 spiro atoms. The zero-order valence-electron chi connectivity index (χ0n) is 14.9. The summed E-state index contributed by atoms with van der Waals surface area (Å²) in [6.45, 7) is 1.99. The van der Waals surface area contributed by atoms with Crippen LogP contribution in [-0.4, -0.2) is 17.4 Å². The van der Waals surface area contributed by atoms with Gasteiger partial charge >= 0.3 is 0 Å². The molecule has 3 aromatic rings. The molecule has 5 rings (SSSR count). The number of hydrogen-bond acceptors (Lipinski definition) is 5. The molecule has 0 radical (unpaired) electrons. The average Bonchev–Trinajstić information content (AvgIpc) is 3.32. The van der Waals surface area contributed by atoms with Crippen molar-refractivity contribution in [2.45, 2.75) is 13.1 Å². The Kier molecular flexibility index (Phi) is 4.43. The Hall–Kier alpha value is -2.60. The zero-order valence-corrected chi connectivity index (χ0v) is 16.4. The third kappa shape index (κ3) is 3.11. The van der Waals surface area contributed by atoms with Crippen molar-refractivity contribution in [3.63, 3.8) is 0 Å². The standard InChI is InChI=1S/C22H16ClNO3S/c23-18-6-2-1-4-14(18)10-20-21(25)16-7-8-19-17(22(16)27-20)12-24(13-26-19)11-15-5-3-9-28-15/h1-10H,11-13H2/b20-10-. The quantitative estimate of drug-likeness (QED) is 0.545. The molecule has 3 heterocycles. The maximum Gasteiger partial charge on any atom is 0.231 e. The number of thiophene rings is 1. The van der Waals surface area contributed by atoms with Gasteiger partial charge in [0.15, 0.2) is 5.76 Å². The largest absolute Gasteiger partial charge is 0.478 e. The fourth-order valence-electron chi connectivity index (χ4n) is 3.46. The van der Waals surface area contributed by atoms with Crippen LogP contribution in [0.5, 0.6) is 11.5 Å². The first kappa shape index (κ1) is 17.5. The minimum Gasteiger partial charge on any atom is -0.478 e. The number of nitrogens with zero attached hydrogens (tertiary/aromatic N) is 1. The molecule has 2 aromatic carbocycles. The highest BCUT2D eigenvalue weighted by atomic mass is 35.5. The van der Waals surface area contributed by atoms with Crippen molar-refractivity contribution in [3.8, 4) is 11.5 Å². The molecule has 28 heavy (non-hydrogen) atoms. The van der Waals surface area contributed by atoms with E-state index in [2.05, 4.69) is 16.3 Å². The maximum absolute atomic E-state index is 12.8. The molecule has 2 aliphatic rings. The molecule has 0 saturated carbocycles. The molecule has 0 unspecified atom stereocenters. The van der Waals surface area contributed by atoms with E-state index in [4.69, 9.17) is 21.1 Å². The van der Waals surface area contributed by atoms with Crippen molar-refractivity contribution in [1.29, 1.82) is 0 Å². The van der Waals surface area contributed by atoms with E-state index in [0.717, 1.165) is 23.4 Å². The fourth-order valence-corrected chi connectivity index (χ4v) is 4.40. The average molecular weight is 410 g/mol. The number of hydrogen-bond donors (Lipinski definition) is 0. The van der Waals surface area contributed by atoms with E-state index in [0.29, 0.717) is 29.6 Å². The third-order valence-electron chi connectivity index (χ3n) is 4.83. The van der Waals surface area contributed by atoms with Gasteiger partial charge in [-0.1, -0.05) is 35.9 Å². The highest BCUT2D eigenvalue weighted by Crippen LogP contribution is 2.42.